The van der Waals surface area contributed by atoms with E-state index < -0.39 is 17.9 Å². The average molecular weight is 515 g/mol. The van der Waals surface area contributed by atoms with E-state index in [0.29, 0.717) is 22.1 Å². The summed E-state index contributed by atoms with van der Waals surface area (Å²) in [5.41, 5.74) is 5.09. The maximum Gasteiger partial charge on any atom is 0.418 e. The number of halogens is 4. The number of nitrogens with two attached hydrogens (primary N) is 1. The summed E-state index contributed by atoms with van der Waals surface area (Å²) in [5.74, 6) is 0.739. The molecule has 2 atom stereocenters. The molecule has 0 amide bonds. The van der Waals surface area contributed by atoms with E-state index in [1.165, 1.54) is 6.07 Å². The van der Waals surface area contributed by atoms with Gasteiger partial charge < -0.3 is 20.3 Å². The number of likely N-dealkylation sites (N-methyl/N-ethyl adjacent to an activating group) is 1. The van der Waals surface area contributed by atoms with Gasteiger partial charge in [0.05, 0.1) is 23.2 Å². The normalized spacial score (nSPS) is 26.5. The minimum absolute atomic E-state index is 0.0171. The number of aromatic nitrogens is 1. The van der Waals surface area contributed by atoms with Crippen LogP contribution < -0.4 is 5.73 Å². The minimum atomic E-state index is -4.55. The summed E-state index contributed by atoms with van der Waals surface area (Å²) in [7, 11) is 1.85. The summed E-state index contributed by atoms with van der Waals surface area (Å²) in [6.45, 7) is 4.55. The molecule has 0 aromatic carbocycles. The molecule has 1 spiro atoms. The summed E-state index contributed by atoms with van der Waals surface area (Å²) < 4.78 is 46.6. The topological polar surface area (TPSA) is 70.2 Å². The van der Waals surface area contributed by atoms with Crippen LogP contribution in [0.25, 0.3) is 0 Å². The van der Waals surface area contributed by atoms with Gasteiger partial charge in [0.1, 0.15) is 17.1 Å². The maximum atomic E-state index is 13.6. The van der Waals surface area contributed by atoms with Gasteiger partial charge in [-0.25, -0.2) is 9.98 Å². The Kier molecular flexibility index (Phi) is 5.92. The first kappa shape index (κ1) is 23.6. The molecule has 5 rings (SSSR count). The van der Waals surface area contributed by atoms with E-state index in [9.17, 15) is 13.2 Å². The average Bonchev–Trinajstić information content (AvgIpc) is 3.27. The SMILES string of the molecule is C[C@H]1CC2(CCN(C3=NC=C(Sc4cc(N)ncc4C(F)(F)F)C4N(C)C=C(Cl)N34)CC2)CO1. The quantitative estimate of drug-likeness (QED) is 0.583. The van der Waals surface area contributed by atoms with Crippen LogP contribution in [0, 0.1) is 5.41 Å². The van der Waals surface area contributed by atoms with Crippen LogP contribution in [0.3, 0.4) is 0 Å². The van der Waals surface area contributed by atoms with E-state index in [1.807, 2.05) is 16.8 Å². The number of likely N-dealkylation sites (tertiary alicyclic amines) is 1. The fraction of sp³-hybridized carbons (Fsp3) is 0.545. The number of rotatable bonds is 2. The Labute approximate surface area is 205 Å². The third-order valence-electron chi connectivity index (χ3n) is 6.87. The van der Waals surface area contributed by atoms with Crippen molar-refractivity contribution < 1.29 is 17.9 Å². The molecular weight excluding hydrogens is 489 g/mol. The van der Waals surface area contributed by atoms with E-state index in [1.54, 1.807) is 12.4 Å². The number of hydrogen-bond donors (Lipinski definition) is 1. The van der Waals surface area contributed by atoms with Gasteiger partial charge in [0.25, 0.3) is 0 Å². The molecule has 184 valence electrons. The molecule has 34 heavy (non-hydrogen) atoms. The Morgan fingerprint density at radius 2 is 2.03 bits per heavy atom. The molecule has 1 aromatic heterocycles. The van der Waals surface area contributed by atoms with Crippen LogP contribution in [-0.2, 0) is 10.9 Å². The van der Waals surface area contributed by atoms with Crippen molar-refractivity contribution in [3.05, 3.63) is 40.3 Å². The number of nitrogen functional groups attached to an aromatic ring is 1. The molecule has 0 saturated carbocycles. The molecule has 2 saturated heterocycles. The molecular formula is C22H26ClF3N6OS. The van der Waals surface area contributed by atoms with Crippen LogP contribution in [0.4, 0.5) is 19.0 Å². The highest BCUT2D eigenvalue weighted by atomic mass is 35.5. The number of pyridine rings is 1. The first-order valence-corrected chi connectivity index (χ1v) is 12.3. The second kappa shape index (κ2) is 8.53. The predicted octanol–water partition coefficient (Wildman–Crippen LogP) is 4.49. The molecule has 0 bridgehead atoms. The van der Waals surface area contributed by atoms with Crippen molar-refractivity contribution in [3.63, 3.8) is 0 Å². The number of piperidine rings is 1. The van der Waals surface area contributed by atoms with Crippen molar-refractivity contribution in [1.82, 2.24) is 19.7 Å². The second-order valence-electron chi connectivity index (χ2n) is 9.34. The highest BCUT2D eigenvalue weighted by Crippen LogP contribution is 2.46. The van der Waals surface area contributed by atoms with Crippen molar-refractivity contribution in [2.75, 3.05) is 32.5 Å². The number of thioether (sulfide) groups is 1. The van der Waals surface area contributed by atoms with E-state index in [-0.39, 0.29) is 16.1 Å². The number of nitrogens with zero attached hydrogens (tertiary/aromatic N) is 5. The monoisotopic (exact) mass is 514 g/mol. The van der Waals surface area contributed by atoms with Crippen LogP contribution in [0.1, 0.15) is 31.7 Å². The van der Waals surface area contributed by atoms with Gasteiger partial charge in [-0.3, -0.25) is 4.90 Å². The maximum absolute atomic E-state index is 13.6. The lowest BCUT2D eigenvalue weighted by atomic mass is 9.77. The Balaban J connectivity index is 1.42. The minimum Gasteiger partial charge on any atom is -0.384 e. The molecule has 1 aromatic rings. The van der Waals surface area contributed by atoms with Gasteiger partial charge in [-0.15, -0.1) is 0 Å². The van der Waals surface area contributed by atoms with Gasteiger partial charge in [-0.2, -0.15) is 13.2 Å². The van der Waals surface area contributed by atoms with Crippen molar-refractivity contribution >= 4 is 35.1 Å². The molecule has 5 heterocycles. The zero-order valence-corrected chi connectivity index (χ0v) is 20.4. The highest BCUT2D eigenvalue weighted by molar-refractivity contribution is 8.03. The summed E-state index contributed by atoms with van der Waals surface area (Å²) in [5, 5.41) is 0.473. The smallest absolute Gasteiger partial charge is 0.384 e. The molecule has 0 aliphatic carbocycles. The Morgan fingerprint density at radius 1 is 1.29 bits per heavy atom. The third-order valence-corrected chi connectivity index (χ3v) is 8.26. The number of aliphatic imine (C=N–C) groups is 1. The van der Waals surface area contributed by atoms with Gasteiger partial charge in [0, 0.05) is 43.6 Å². The first-order valence-electron chi connectivity index (χ1n) is 11.1. The number of ether oxygens (including phenoxy) is 1. The molecule has 4 aliphatic rings. The first-order chi connectivity index (χ1) is 16.1. The zero-order valence-electron chi connectivity index (χ0n) is 18.8. The number of alkyl halides is 3. The number of anilines is 1. The van der Waals surface area contributed by atoms with Crippen LogP contribution in [0.5, 0.6) is 0 Å². The van der Waals surface area contributed by atoms with Gasteiger partial charge in [-0.1, -0.05) is 23.4 Å². The summed E-state index contributed by atoms with van der Waals surface area (Å²) in [6, 6.07) is 1.25. The summed E-state index contributed by atoms with van der Waals surface area (Å²) in [6.07, 6.45) is 2.60. The van der Waals surface area contributed by atoms with Gasteiger partial charge in [0.2, 0.25) is 5.96 Å². The number of hydrogen-bond acceptors (Lipinski definition) is 8. The third kappa shape index (κ3) is 4.22. The van der Waals surface area contributed by atoms with E-state index >= 15 is 0 Å². The van der Waals surface area contributed by atoms with E-state index in [4.69, 9.17) is 22.1 Å². The Morgan fingerprint density at radius 3 is 2.68 bits per heavy atom. The van der Waals surface area contributed by atoms with Gasteiger partial charge >= 0.3 is 6.18 Å². The molecule has 4 aliphatic heterocycles. The fourth-order valence-electron chi connectivity index (χ4n) is 5.15. The summed E-state index contributed by atoms with van der Waals surface area (Å²) in [4.78, 5) is 14.9. The van der Waals surface area contributed by atoms with Crippen molar-refractivity contribution in [2.45, 2.75) is 49.5 Å². The van der Waals surface area contributed by atoms with Crippen LogP contribution in [0.15, 0.2) is 44.6 Å². The second-order valence-corrected chi connectivity index (χ2v) is 10.8. The Bertz CT molecular complexity index is 1070. The van der Waals surface area contributed by atoms with E-state index in [2.05, 4.69) is 21.8 Å². The summed E-state index contributed by atoms with van der Waals surface area (Å²) >= 11 is 7.59. The zero-order chi connectivity index (χ0) is 24.3. The van der Waals surface area contributed by atoms with Crippen LogP contribution in [-0.4, -0.2) is 64.7 Å². The van der Waals surface area contributed by atoms with Gasteiger partial charge in [0.15, 0.2) is 0 Å². The molecule has 2 N–H and O–H groups in total. The number of fused-ring (bicyclic) bond motifs is 1. The highest BCUT2D eigenvalue weighted by Gasteiger charge is 2.45. The molecule has 1 unspecified atom stereocenters. The lowest BCUT2D eigenvalue weighted by molar-refractivity contribution is -0.140. The predicted molar refractivity (Wildman–Crippen MR) is 126 cm³/mol. The lowest BCUT2D eigenvalue weighted by Crippen LogP contribution is -2.54. The number of guanidine groups is 1. The lowest BCUT2D eigenvalue weighted by Gasteiger charge is -2.44. The van der Waals surface area contributed by atoms with E-state index in [0.717, 1.165) is 56.9 Å². The van der Waals surface area contributed by atoms with Crippen molar-refractivity contribution in [1.29, 1.82) is 0 Å². The van der Waals surface area contributed by atoms with Crippen molar-refractivity contribution in [2.24, 2.45) is 10.4 Å². The van der Waals surface area contributed by atoms with Crippen LogP contribution in [0.2, 0.25) is 0 Å². The largest absolute Gasteiger partial charge is 0.418 e. The molecule has 7 nitrogen and oxygen atoms in total. The molecule has 2 fully saturated rings. The molecule has 0 radical (unpaired) electrons. The Hall–Kier alpha value is -2.11. The van der Waals surface area contributed by atoms with Gasteiger partial charge in [-0.05, 0) is 37.7 Å². The standard InChI is InChI=1S/C22H26ClF3N6OS/c1-13-8-21(12-33-13)3-5-31(6-4-21)20-29-10-16(19-30(2)11-17(23)32(19)20)34-15-7-18(27)28-9-14(15)22(24,25)26/h7,9-11,13,19H,3-6,8,12H2,1-2H3,(H2,27,28)/t13-,19?/m0/s1. The fourth-order valence-corrected chi connectivity index (χ4v) is 6.66. The molecule has 12 heteroatoms. The van der Waals surface area contributed by atoms with Crippen LogP contribution >= 0.6 is 23.4 Å². The van der Waals surface area contributed by atoms with Crippen molar-refractivity contribution in [3.8, 4) is 0 Å².